The number of H-pyrrole nitrogens is 2. The summed E-state index contributed by atoms with van der Waals surface area (Å²) in [7, 11) is 0. The lowest BCUT2D eigenvalue weighted by molar-refractivity contribution is 0.0665. The van der Waals surface area contributed by atoms with Gasteiger partial charge in [0.05, 0.1) is 22.2 Å². The number of rotatable bonds is 6. The van der Waals surface area contributed by atoms with Crippen LogP contribution in [0.2, 0.25) is 0 Å². The average molecular weight is 596 g/mol. The van der Waals surface area contributed by atoms with Gasteiger partial charge in [0.1, 0.15) is 5.52 Å². The zero-order valence-electron chi connectivity index (χ0n) is 24.6. The van der Waals surface area contributed by atoms with Gasteiger partial charge in [-0.15, -0.1) is 10.8 Å². The first kappa shape index (κ1) is 28.3. The first-order valence-corrected chi connectivity index (χ1v) is 15.0. The van der Waals surface area contributed by atoms with Gasteiger partial charge in [-0.25, -0.2) is 13.9 Å². The Morgan fingerprint density at radius 1 is 1.09 bits per heavy atom. The van der Waals surface area contributed by atoms with Crippen molar-refractivity contribution in [3.05, 3.63) is 135 Å². The molecule has 8 heteroatoms. The van der Waals surface area contributed by atoms with Crippen LogP contribution in [0.1, 0.15) is 35.1 Å². The molecule has 0 bridgehead atoms. The Morgan fingerprint density at radius 3 is 2.82 bits per heavy atom. The first-order valence-electron chi connectivity index (χ1n) is 15.0. The third kappa shape index (κ3) is 6.00. The molecule has 222 valence electrons. The highest BCUT2D eigenvalue weighted by molar-refractivity contribution is 5.86. The average Bonchev–Trinajstić information content (AvgIpc) is 3.57. The molecule has 3 heterocycles. The topological polar surface area (TPSA) is 88.6 Å². The number of ether oxygens (including phenoxy) is 1. The maximum atomic E-state index is 15.5. The fourth-order valence-electron chi connectivity index (χ4n) is 6.04. The molecule has 1 fully saturated rings. The van der Waals surface area contributed by atoms with Crippen LogP contribution in [0.15, 0.2) is 102 Å². The number of halogens is 1. The Hall–Kier alpha value is -5.48. The largest absolute Gasteiger partial charge is 0.381 e. The molecule has 7 nitrogen and oxygen atoms in total. The van der Waals surface area contributed by atoms with E-state index < -0.39 is 5.82 Å². The van der Waals surface area contributed by atoms with Gasteiger partial charge in [0.2, 0.25) is 0 Å². The zero-order chi connectivity index (χ0) is 30.8. The molecule has 1 aliphatic carbocycles. The molecule has 0 atom stereocenters. The summed E-state index contributed by atoms with van der Waals surface area (Å²) in [6, 6.07) is 15.2. The second-order valence-electron chi connectivity index (χ2n) is 11.3. The van der Waals surface area contributed by atoms with Crippen molar-refractivity contribution in [2.75, 3.05) is 13.2 Å². The summed E-state index contributed by atoms with van der Waals surface area (Å²) < 4.78 is 22.6. The molecular formula is C37H30FN5O2. The minimum atomic E-state index is -0.461. The Balaban J connectivity index is 1.23. The van der Waals surface area contributed by atoms with Crippen LogP contribution in [0, 0.1) is 23.6 Å². The lowest BCUT2D eigenvalue weighted by Crippen LogP contribution is -2.18. The molecule has 0 amide bonds. The molecule has 0 saturated carbocycles. The SMILES string of the molecule is C=CC#Cc1ccc(CC2=CC(c3cc(F)c4nnn(-c5ccc6[nH]c(=O)[nH]c6c5)c4c3)=CC=C=C2)c(CC2CCOCC2)c1. The van der Waals surface area contributed by atoms with E-state index in [2.05, 4.69) is 68.7 Å². The van der Waals surface area contributed by atoms with E-state index in [0.29, 0.717) is 40.1 Å². The van der Waals surface area contributed by atoms with Gasteiger partial charge in [-0.05, 0) is 126 Å². The minimum absolute atomic E-state index is 0.172. The molecule has 2 aromatic heterocycles. The Morgan fingerprint density at radius 2 is 1.96 bits per heavy atom. The van der Waals surface area contributed by atoms with Crippen LogP contribution < -0.4 is 5.69 Å². The molecule has 2 aliphatic rings. The number of nitrogens with zero attached hydrogens (tertiary/aromatic N) is 3. The van der Waals surface area contributed by atoms with E-state index in [9.17, 15) is 4.79 Å². The monoisotopic (exact) mass is 595 g/mol. The van der Waals surface area contributed by atoms with Crippen LogP contribution in [0.3, 0.4) is 0 Å². The molecule has 1 saturated heterocycles. The van der Waals surface area contributed by atoms with Crippen molar-refractivity contribution in [1.82, 2.24) is 25.0 Å². The lowest BCUT2D eigenvalue weighted by Gasteiger charge is -2.23. The minimum Gasteiger partial charge on any atom is -0.381 e. The summed E-state index contributed by atoms with van der Waals surface area (Å²) in [5.41, 5.74) is 11.7. The zero-order valence-corrected chi connectivity index (χ0v) is 24.6. The van der Waals surface area contributed by atoms with E-state index in [1.807, 2.05) is 30.4 Å². The van der Waals surface area contributed by atoms with Gasteiger partial charge in [0.15, 0.2) is 5.82 Å². The number of aromatic nitrogens is 5. The third-order valence-electron chi connectivity index (χ3n) is 8.32. The van der Waals surface area contributed by atoms with Crippen molar-refractivity contribution in [2.24, 2.45) is 5.92 Å². The second-order valence-corrected chi connectivity index (χ2v) is 11.3. The standard InChI is InChI=1S/C37H30FN5O2/c1-2-3-6-24-9-10-28(29(17-24)18-25-13-15-45-16-14-25)20-26-7-4-5-8-27(19-26)30-21-32(38)36-35(22-30)43(42-41-36)31-11-12-33-34(23-31)40-37(44)39-33/h2,5,7-12,17,19,21-23,25H,1,13-16,18,20H2,(H2,39,40,44). The molecule has 3 aromatic carbocycles. The van der Waals surface area contributed by atoms with E-state index in [1.54, 1.807) is 22.9 Å². The van der Waals surface area contributed by atoms with Crippen molar-refractivity contribution >= 4 is 27.6 Å². The Labute approximate surface area is 259 Å². The molecule has 1 aliphatic heterocycles. The molecule has 0 spiro atoms. The van der Waals surface area contributed by atoms with Crippen molar-refractivity contribution in [3.8, 4) is 17.5 Å². The fourth-order valence-corrected chi connectivity index (χ4v) is 6.04. The number of benzene rings is 3. The number of aromatic amines is 2. The Bertz CT molecular complexity index is 2210. The van der Waals surface area contributed by atoms with Gasteiger partial charge in [0, 0.05) is 18.8 Å². The number of fused-ring (bicyclic) bond motifs is 2. The molecule has 7 rings (SSSR count). The van der Waals surface area contributed by atoms with E-state index in [4.69, 9.17) is 4.74 Å². The smallest absolute Gasteiger partial charge is 0.323 e. The van der Waals surface area contributed by atoms with Gasteiger partial charge in [0.25, 0.3) is 0 Å². The summed E-state index contributed by atoms with van der Waals surface area (Å²) in [6.07, 6.45) is 13.2. The van der Waals surface area contributed by atoms with Crippen molar-refractivity contribution in [3.63, 3.8) is 0 Å². The molecule has 0 radical (unpaired) electrons. The molecule has 0 unspecified atom stereocenters. The van der Waals surface area contributed by atoms with Crippen LogP contribution in [0.4, 0.5) is 4.39 Å². The molecule has 2 N–H and O–H groups in total. The van der Waals surface area contributed by atoms with Gasteiger partial charge in [-0.1, -0.05) is 35.8 Å². The Kier molecular flexibility index (Phi) is 7.71. The molecular weight excluding hydrogens is 565 g/mol. The number of hydrogen-bond donors (Lipinski definition) is 2. The highest BCUT2D eigenvalue weighted by Crippen LogP contribution is 2.30. The predicted octanol–water partition coefficient (Wildman–Crippen LogP) is 6.51. The second kappa shape index (κ2) is 12.3. The molecule has 5 aromatic rings. The van der Waals surface area contributed by atoms with Gasteiger partial charge >= 0.3 is 5.69 Å². The lowest BCUT2D eigenvalue weighted by atomic mass is 9.87. The van der Waals surface area contributed by atoms with E-state index >= 15 is 4.39 Å². The summed E-state index contributed by atoms with van der Waals surface area (Å²) in [5, 5.41) is 8.35. The summed E-state index contributed by atoms with van der Waals surface area (Å²) >= 11 is 0. The van der Waals surface area contributed by atoms with Crippen LogP contribution in [-0.2, 0) is 17.6 Å². The fraction of sp³-hybridized carbons (Fsp3) is 0.189. The number of hydrogen-bond acceptors (Lipinski definition) is 4. The number of nitrogens with one attached hydrogen (secondary N) is 2. The first-order chi connectivity index (χ1) is 22.0. The van der Waals surface area contributed by atoms with E-state index in [0.717, 1.165) is 49.2 Å². The number of imidazole rings is 1. The maximum Gasteiger partial charge on any atom is 0.323 e. The summed E-state index contributed by atoms with van der Waals surface area (Å²) in [6.45, 7) is 5.33. The van der Waals surface area contributed by atoms with Crippen molar-refractivity contribution < 1.29 is 9.13 Å². The van der Waals surface area contributed by atoms with Gasteiger partial charge < -0.3 is 14.7 Å². The van der Waals surface area contributed by atoms with Crippen molar-refractivity contribution in [2.45, 2.75) is 25.7 Å². The predicted molar refractivity (Wildman–Crippen MR) is 174 cm³/mol. The third-order valence-corrected chi connectivity index (χ3v) is 8.32. The summed E-state index contributed by atoms with van der Waals surface area (Å²) in [4.78, 5) is 17.3. The number of allylic oxidation sites excluding steroid dienone is 6. The van der Waals surface area contributed by atoms with Crippen molar-refractivity contribution in [1.29, 1.82) is 0 Å². The highest BCUT2D eigenvalue weighted by atomic mass is 19.1. The van der Waals surface area contributed by atoms with Crippen LogP contribution in [0.5, 0.6) is 0 Å². The summed E-state index contributed by atoms with van der Waals surface area (Å²) in [5.74, 6) is 6.25. The molecule has 45 heavy (non-hydrogen) atoms. The van der Waals surface area contributed by atoms with Crippen LogP contribution in [-0.4, -0.2) is 38.2 Å². The quantitative estimate of drug-likeness (QED) is 0.173. The van der Waals surface area contributed by atoms with E-state index in [1.165, 1.54) is 17.2 Å². The normalized spacial score (nSPS) is 15.0. The highest BCUT2D eigenvalue weighted by Gasteiger charge is 2.18. The van der Waals surface area contributed by atoms with E-state index in [-0.39, 0.29) is 11.2 Å². The van der Waals surface area contributed by atoms with Crippen LogP contribution >= 0.6 is 0 Å². The van der Waals surface area contributed by atoms with Gasteiger partial charge in [-0.2, -0.15) is 0 Å². The van der Waals surface area contributed by atoms with Gasteiger partial charge in [-0.3, -0.25) is 0 Å². The van der Waals surface area contributed by atoms with Crippen LogP contribution in [0.25, 0.3) is 33.3 Å². The maximum absolute atomic E-state index is 15.5.